The second-order valence-corrected chi connectivity index (χ2v) is 10.3. The smallest absolute Gasteiger partial charge is 0.225 e. The third-order valence-electron chi connectivity index (χ3n) is 5.90. The molecule has 1 amide bonds. The molecular weight excluding hydrogens is 484 g/mol. The van der Waals surface area contributed by atoms with E-state index in [1.807, 2.05) is 23.1 Å². The average Bonchev–Trinajstić information content (AvgIpc) is 2.93. The van der Waals surface area contributed by atoms with Gasteiger partial charge in [0.2, 0.25) is 22.4 Å². The first-order valence-corrected chi connectivity index (χ1v) is 13.2. The van der Waals surface area contributed by atoms with E-state index < -0.39 is 22.2 Å². The zero-order valence-corrected chi connectivity index (χ0v) is 20.4. The van der Waals surface area contributed by atoms with Gasteiger partial charge in [0.1, 0.15) is 6.10 Å². The number of aliphatic hydroxyl groups excluding tert-OH is 1. The van der Waals surface area contributed by atoms with Gasteiger partial charge in [0.05, 0.1) is 11.4 Å². The van der Waals surface area contributed by atoms with Crippen molar-refractivity contribution in [1.29, 1.82) is 0 Å². The van der Waals surface area contributed by atoms with Gasteiger partial charge in [-0.15, -0.1) is 0 Å². The molecule has 4 rings (SSSR count). The molecule has 0 bridgehead atoms. The van der Waals surface area contributed by atoms with Gasteiger partial charge in [0, 0.05) is 68.8 Å². The predicted octanol–water partition coefficient (Wildman–Crippen LogP) is 0.409. The molecule has 13 heteroatoms. The molecule has 2 unspecified atom stereocenters. The summed E-state index contributed by atoms with van der Waals surface area (Å²) in [5.74, 6) is 0.532. The highest BCUT2D eigenvalue weighted by Gasteiger charge is 2.30. The van der Waals surface area contributed by atoms with Crippen molar-refractivity contribution < 1.29 is 18.3 Å². The van der Waals surface area contributed by atoms with Crippen LogP contribution in [0, 0.1) is 0 Å². The molecule has 36 heavy (non-hydrogen) atoms. The first kappa shape index (κ1) is 25.5. The van der Waals surface area contributed by atoms with E-state index in [0.29, 0.717) is 25.4 Å². The summed E-state index contributed by atoms with van der Waals surface area (Å²) < 4.78 is 27.5. The zero-order valence-electron chi connectivity index (χ0n) is 19.6. The SMILES string of the molecule is O=CNC(CCC(O)c1ncccn1)CS(=O)(=O)N1CCN(c2ncc(-c3ccccn3)cn2)CC1. The third-order valence-corrected chi connectivity index (χ3v) is 7.88. The van der Waals surface area contributed by atoms with E-state index in [9.17, 15) is 18.3 Å². The van der Waals surface area contributed by atoms with Crippen LogP contribution in [0.15, 0.2) is 55.2 Å². The molecule has 2 atom stereocenters. The number of aliphatic hydroxyl groups is 1. The second kappa shape index (κ2) is 11.9. The van der Waals surface area contributed by atoms with E-state index in [1.165, 1.54) is 16.7 Å². The van der Waals surface area contributed by atoms with Crippen molar-refractivity contribution in [3.63, 3.8) is 0 Å². The summed E-state index contributed by atoms with van der Waals surface area (Å²) in [6.45, 7) is 1.44. The highest BCUT2D eigenvalue weighted by molar-refractivity contribution is 7.89. The standard InChI is InChI=1S/C23H28N8O4S/c32-17-29-19(5-6-21(33)22-25-8-3-9-26-22)16-36(34,35)31-12-10-30(11-13-31)23-27-14-18(15-28-23)20-4-1-2-7-24-20/h1-4,7-9,14-15,17,19,21,33H,5-6,10-13,16H2,(H,29,32). The van der Waals surface area contributed by atoms with Gasteiger partial charge in [-0.25, -0.2) is 28.4 Å². The van der Waals surface area contributed by atoms with E-state index >= 15 is 0 Å². The minimum atomic E-state index is -3.64. The van der Waals surface area contributed by atoms with Crippen LogP contribution in [-0.4, -0.2) is 87.1 Å². The maximum Gasteiger partial charge on any atom is 0.225 e. The summed E-state index contributed by atoms with van der Waals surface area (Å²) in [4.78, 5) is 34.2. The van der Waals surface area contributed by atoms with E-state index in [4.69, 9.17) is 0 Å². The number of nitrogens with zero attached hydrogens (tertiary/aromatic N) is 7. The highest BCUT2D eigenvalue weighted by atomic mass is 32.2. The Balaban J connectivity index is 1.31. The summed E-state index contributed by atoms with van der Waals surface area (Å²) in [5, 5.41) is 12.8. The number of carbonyl (C=O) groups is 1. The van der Waals surface area contributed by atoms with Gasteiger partial charge < -0.3 is 15.3 Å². The normalized spacial score (nSPS) is 16.3. The average molecular weight is 513 g/mol. The van der Waals surface area contributed by atoms with Crippen LogP contribution < -0.4 is 10.2 Å². The molecule has 0 aliphatic carbocycles. The Bertz CT molecular complexity index is 1210. The molecule has 0 saturated carbocycles. The monoisotopic (exact) mass is 512 g/mol. The lowest BCUT2D eigenvalue weighted by atomic mass is 10.1. The second-order valence-electron chi connectivity index (χ2n) is 8.33. The number of hydrogen-bond acceptors (Lipinski definition) is 10. The Labute approximate surface area is 209 Å². The van der Waals surface area contributed by atoms with Gasteiger partial charge in [-0.3, -0.25) is 9.78 Å². The van der Waals surface area contributed by atoms with Crippen LogP contribution in [0.1, 0.15) is 24.8 Å². The van der Waals surface area contributed by atoms with Crippen LogP contribution in [-0.2, 0) is 14.8 Å². The Morgan fingerprint density at radius 2 is 1.64 bits per heavy atom. The molecule has 1 saturated heterocycles. The number of rotatable bonds is 11. The Hall–Kier alpha value is -3.55. The Morgan fingerprint density at radius 3 is 2.28 bits per heavy atom. The van der Waals surface area contributed by atoms with E-state index in [1.54, 1.807) is 24.7 Å². The number of anilines is 1. The fraction of sp³-hybridized carbons (Fsp3) is 0.391. The third kappa shape index (κ3) is 6.56. The van der Waals surface area contributed by atoms with Gasteiger partial charge in [0.25, 0.3) is 0 Å². The summed E-state index contributed by atoms with van der Waals surface area (Å²) in [6.07, 6.45) is 8.17. The molecule has 190 valence electrons. The Kier molecular flexibility index (Phi) is 8.46. The minimum Gasteiger partial charge on any atom is -0.385 e. The summed E-state index contributed by atoms with van der Waals surface area (Å²) in [7, 11) is -3.64. The van der Waals surface area contributed by atoms with Crippen molar-refractivity contribution in [3.05, 3.63) is 61.1 Å². The first-order chi connectivity index (χ1) is 17.5. The number of sulfonamides is 1. The van der Waals surface area contributed by atoms with Crippen molar-refractivity contribution in [3.8, 4) is 11.3 Å². The number of aromatic nitrogens is 5. The lowest BCUT2D eigenvalue weighted by molar-refractivity contribution is -0.110. The van der Waals surface area contributed by atoms with E-state index in [2.05, 4.69) is 30.2 Å². The van der Waals surface area contributed by atoms with Crippen molar-refractivity contribution >= 4 is 22.4 Å². The van der Waals surface area contributed by atoms with Gasteiger partial charge in [-0.1, -0.05) is 6.07 Å². The molecule has 1 aliphatic rings. The number of nitrogens with one attached hydrogen (secondary N) is 1. The first-order valence-electron chi connectivity index (χ1n) is 11.6. The number of piperazine rings is 1. The van der Waals surface area contributed by atoms with Crippen LogP contribution in [0.5, 0.6) is 0 Å². The maximum atomic E-state index is 13.1. The van der Waals surface area contributed by atoms with Crippen molar-refractivity contribution in [2.45, 2.75) is 25.0 Å². The quantitative estimate of drug-likeness (QED) is 0.345. The number of hydrogen-bond donors (Lipinski definition) is 2. The minimum absolute atomic E-state index is 0.213. The molecule has 1 fully saturated rings. The highest BCUT2D eigenvalue weighted by Crippen LogP contribution is 2.20. The van der Waals surface area contributed by atoms with Crippen molar-refractivity contribution in [2.24, 2.45) is 0 Å². The van der Waals surface area contributed by atoms with Gasteiger partial charge in [-0.05, 0) is 31.0 Å². The number of pyridine rings is 1. The van der Waals surface area contributed by atoms with Gasteiger partial charge >= 0.3 is 0 Å². The topological polar surface area (TPSA) is 154 Å². The number of carbonyl (C=O) groups excluding carboxylic acids is 1. The van der Waals surface area contributed by atoms with E-state index in [0.717, 1.165) is 11.3 Å². The van der Waals surface area contributed by atoms with Crippen LogP contribution >= 0.6 is 0 Å². The summed E-state index contributed by atoms with van der Waals surface area (Å²) in [6, 6.07) is 6.61. The van der Waals surface area contributed by atoms with Gasteiger partial charge in [-0.2, -0.15) is 4.31 Å². The lowest BCUT2D eigenvalue weighted by Crippen LogP contribution is -2.51. The largest absolute Gasteiger partial charge is 0.385 e. The zero-order chi connectivity index (χ0) is 25.4. The molecule has 0 radical (unpaired) electrons. The maximum absolute atomic E-state index is 13.1. The molecule has 4 heterocycles. The fourth-order valence-corrected chi connectivity index (χ4v) is 5.66. The van der Waals surface area contributed by atoms with Crippen molar-refractivity contribution in [1.82, 2.24) is 34.5 Å². The van der Waals surface area contributed by atoms with Crippen LogP contribution in [0.2, 0.25) is 0 Å². The van der Waals surface area contributed by atoms with Crippen molar-refractivity contribution in [2.75, 3.05) is 36.8 Å². The molecule has 12 nitrogen and oxygen atoms in total. The van der Waals surface area contributed by atoms with Crippen LogP contribution in [0.3, 0.4) is 0 Å². The fourth-order valence-electron chi connectivity index (χ4n) is 3.96. The van der Waals surface area contributed by atoms with Gasteiger partial charge in [0.15, 0.2) is 5.82 Å². The van der Waals surface area contributed by atoms with Crippen LogP contribution in [0.25, 0.3) is 11.3 Å². The van der Waals surface area contributed by atoms with Crippen LogP contribution in [0.4, 0.5) is 5.95 Å². The summed E-state index contributed by atoms with van der Waals surface area (Å²) in [5.41, 5.74) is 1.58. The summed E-state index contributed by atoms with van der Waals surface area (Å²) >= 11 is 0. The molecule has 3 aromatic rings. The molecule has 0 aromatic carbocycles. The lowest BCUT2D eigenvalue weighted by Gasteiger charge is -2.34. The molecule has 2 N–H and O–H groups in total. The molecule has 3 aromatic heterocycles. The molecule has 1 aliphatic heterocycles. The Morgan fingerprint density at radius 1 is 0.944 bits per heavy atom. The van der Waals surface area contributed by atoms with E-state index in [-0.39, 0.29) is 37.5 Å². The molecule has 0 spiro atoms. The number of amides is 1. The predicted molar refractivity (Wildman–Crippen MR) is 132 cm³/mol. The molecular formula is C23H28N8O4S.